The molecule has 1 N–H and O–H groups in total. The van der Waals surface area contributed by atoms with Gasteiger partial charge in [-0.25, -0.2) is 4.79 Å². The zero-order valence-electron chi connectivity index (χ0n) is 9.46. The molecule has 1 aromatic rings. The summed E-state index contributed by atoms with van der Waals surface area (Å²) in [5.74, 6) is -0.836. The Morgan fingerprint density at radius 2 is 2.35 bits per heavy atom. The average molecular weight is 253 g/mol. The average Bonchev–Trinajstić information content (AvgIpc) is 2.97. The molecule has 17 heavy (non-hydrogen) atoms. The van der Waals surface area contributed by atoms with E-state index in [2.05, 4.69) is 4.90 Å². The first kappa shape index (κ1) is 11.0. The summed E-state index contributed by atoms with van der Waals surface area (Å²) < 4.78 is 5.75. The van der Waals surface area contributed by atoms with Crippen LogP contribution in [0.15, 0.2) is 12.1 Å². The number of anilines is 1. The normalized spacial score (nSPS) is 28.1. The van der Waals surface area contributed by atoms with Crippen LogP contribution in [0, 0.1) is 0 Å². The fourth-order valence-corrected chi connectivity index (χ4v) is 3.72. The number of ether oxygens (including phenoxy) is 1. The molecule has 2 atom stereocenters. The number of morpholine rings is 1. The van der Waals surface area contributed by atoms with Crippen LogP contribution in [0.25, 0.3) is 0 Å². The van der Waals surface area contributed by atoms with Gasteiger partial charge in [-0.2, -0.15) is 0 Å². The fraction of sp³-hybridized carbons (Fsp3) is 0.583. The number of thiophene rings is 1. The number of carboxylic acid groups (broad SMARTS) is 1. The van der Waals surface area contributed by atoms with Crippen molar-refractivity contribution in [2.24, 2.45) is 0 Å². The summed E-state index contributed by atoms with van der Waals surface area (Å²) in [5.41, 5.74) is 0. The molecule has 0 radical (unpaired) electrons. The number of carboxylic acids is 1. The van der Waals surface area contributed by atoms with E-state index in [1.165, 1.54) is 17.8 Å². The van der Waals surface area contributed by atoms with E-state index in [1.54, 1.807) is 6.07 Å². The molecule has 1 aliphatic heterocycles. The SMILES string of the molecule is O=C(O)c1ccc(N2CCOC3CCCC32)s1. The van der Waals surface area contributed by atoms with Gasteiger partial charge in [-0.3, -0.25) is 0 Å². The quantitative estimate of drug-likeness (QED) is 0.878. The number of hydrogen-bond acceptors (Lipinski definition) is 4. The highest BCUT2D eigenvalue weighted by molar-refractivity contribution is 7.17. The molecule has 0 aromatic carbocycles. The van der Waals surface area contributed by atoms with E-state index in [9.17, 15) is 4.79 Å². The maximum Gasteiger partial charge on any atom is 0.345 e. The van der Waals surface area contributed by atoms with E-state index >= 15 is 0 Å². The monoisotopic (exact) mass is 253 g/mol. The summed E-state index contributed by atoms with van der Waals surface area (Å²) in [6.07, 6.45) is 3.85. The van der Waals surface area contributed by atoms with Crippen LogP contribution in [0.2, 0.25) is 0 Å². The highest BCUT2D eigenvalue weighted by Crippen LogP contribution is 2.36. The lowest BCUT2D eigenvalue weighted by atomic mass is 10.1. The second kappa shape index (κ2) is 4.31. The van der Waals surface area contributed by atoms with E-state index in [-0.39, 0.29) is 0 Å². The largest absolute Gasteiger partial charge is 0.477 e. The van der Waals surface area contributed by atoms with Gasteiger partial charge >= 0.3 is 5.97 Å². The first-order valence-electron chi connectivity index (χ1n) is 5.97. The Morgan fingerprint density at radius 1 is 1.47 bits per heavy atom. The van der Waals surface area contributed by atoms with Gasteiger partial charge in [0, 0.05) is 6.54 Å². The van der Waals surface area contributed by atoms with Crippen LogP contribution in [0.3, 0.4) is 0 Å². The molecule has 3 rings (SSSR count). The predicted molar refractivity (Wildman–Crippen MR) is 66.0 cm³/mol. The predicted octanol–water partition coefficient (Wildman–Crippen LogP) is 2.20. The van der Waals surface area contributed by atoms with Crippen molar-refractivity contribution in [3.05, 3.63) is 17.0 Å². The third kappa shape index (κ3) is 1.93. The maximum atomic E-state index is 10.9. The molecule has 5 heteroatoms. The fourth-order valence-electron chi connectivity index (χ4n) is 2.80. The van der Waals surface area contributed by atoms with Crippen LogP contribution >= 0.6 is 11.3 Å². The van der Waals surface area contributed by atoms with Gasteiger partial charge in [-0.05, 0) is 31.4 Å². The summed E-state index contributed by atoms with van der Waals surface area (Å²) in [7, 11) is 0. The molecule has 0 amide bonds. The summed E-state index contributed by atoms with van der Waals surface area (Å²) in [6, 6.07) is 4.07. The van der Waals surface area contributed by atoms with Crippen LogP contribution < -0.4 is 4.90 Å². The number of nitrogens with zero attached hydrogens (tertiary/aromatic N) is 1. The number of aromatic carboxylic acids is 1. The minimum absolute atomic E-state index is 0.346. The highest BCUT2D eigenvalue weighted by Gasteiger charge is 2.36. The molecule has 1 aromatic heterocycles. The van der Waals surface area contributed by atoms with E-state index in [0.29, 0.717) is 17.0 Å². The molecule has 1 saturated heterocycles. The van der Waals surface area contributed by atoms with Crippen molar-refractivity contribution in [2.45, 2.75) is 31.4 Å². The Morgan fingerprint density at radius 3 is 3.12 bits per heavy atom. The standard InChI is InChI=1S/C12H15NO3S/c14-12(15)10-4-5-11(17-10)13-6-7-16-9-3-1-2-8(9)13/h4-5,8-9H,1-3,6-7H2,(H,14,15). The molecule has 0 bridgehead atoms. The van der Waals surface area contributed by atoms with E-state index in [4.69, 9.17) is 9.84 Å². The Kier molecular flexibility index (Phi) is 2.80. The van der Waals surface area contributed by atoms with Crippen molar-refractivity contribution in [3.8, 4) is 0 Å². The second-order valence-corrected chi connectivity index (χ2v) is 5.61. The molecular weight excluding hydrogens is 238 g/mol. The maximum absolute atomic E-state index is 10.9. The van der Waals surface area contributed by atoms with Crippen molar-refractivity contribution >= 4 is 22.3 Å². The van der Waals surface area contributed by atoms with Crippen LogP contribution in [0.5, 0.6) is 0 Å². The van der Waals surface area contributed by atoms with Gasteiger partial charge in [-0.15, -0.1) is 11.3 Å². The molecule has 2 unspecified atom stereocenters. The molecule has 2 aliphatic rings. The smallest absolute Gasteiger partial charge is 0.345 e. The van der Waals surface area contributed by atoms with Crippen LogP contribution in [0.1, 0.15) is 28.9 Å². The minimum Gasteiger partial charge on any atom is -0.477 e. The van der Waals surface area contributed by atoms with Crippen LogP contribution in [-0.4, -0.2) is 36.4 Å². The Hall–Kier alpha value is -1.07. The lowest BCUT2D eigenvalue weighted by Gasteiger charge is -2.38. The lowest BCUT2D eigenvalue weighted by Crippen LogP contribution is -2.48. The first-order chi connectivity index (χ1) is 8.25. The molecule has 92 valence electrons. The van der Waals surface area contributed by atoms with Crippen LogP contribution in [-0.2, 0) is 4.74 Å². The number of carbonyl (C=O) groups is 1. The lowest BCUT2D eigenvalue weighted by molar-refractivity contribution is 0.0259. The van der Waals surface area contributed by atoms with Crippen molar-refractivity contribution in [2.75, 3.05) is 18.1 Å². The van der Waals surface area contributed by atoms with Gasteiger partial charge in [0.1, 0.15) is 4.88 Å². The van der Waals surface area contributed by atoms with Gasteiger partial charge in [-0.1, -0.05) is 0 Å². The molecule has 0 spiro atoms. The van der Waals surface area contributed by atoms with Gasteiger partial charge in [0.15, 0.2) is 0 Å². The molecule has 1 saturated carbocycles. The molecule has 2 heterocycles. The van der Waals surface area contributed by atoms with Crippen molar-refractivity contribution in [1.82, 2.24) is 0 Å². The van der Waals surface area contributed by atoms with Crippen molar-refractivity contribution < 1.29 is 14.6 Å². The highest BCUT2D eigenvalue weighted by atomic mass is 32.1. The Bertz CT molecular complexity index is 431. The van der Waals surface area contributed by atoms with Crippen LogP contribution in [0.4, 0.5) is 5.00 Å². The molecule has 4 nitrogen and oxygen atoms in total. The number of rotatable bonds is 2. The number of fused-ring (bicyclic) bond motifs is 1. The summed E-state index contributed by atoms with van der Waals surface area (Å²) in [6.45, 7) is 1.63. The third-order valence-corrected chi connectivity index (χ3v) is 4.68. The first-order valence-corrected chi connectivity index (χ1v) is 6.79. The number of hydrogen-bond donors (Lipinski definition) is 1. The summed E-state index contributed by atoms with van der Waals surface area (Å²) >= 11 is 1.37. The van der Waals surface area contributed by atoms with Gasteiger partial charge < -0.3 is 14.7 Å². The van der Waals surface area contributed by atoms with Gasteiger partial charge in [0.05, 0.1) is 23.8 Å². The summed E-state index contributed by atoms with van der Waals surface area (Å²) in [4.78, 5) is 13.6. The zero-order valence-corrected chi connectivity index (χ0v) is 10.3. The molecule has 2 fully saturated rings. The zero-order chi connectivity index (χ0) is 11.8. The Balaban J connectivity index is 1.84. The molecular formula is C12H15NO3S. The van der Waals surface area contributed by atoms with Gasteiger partial charge in [0.2, 0.25) is 0 Å². The van der Waals surface area contributed by atoms with E-state index < -0.39 is 5.97 Å². The molecule has 1 aliphatic carbocycles. The van der Waals surface area contributed by atoms with E-state index in [1.807, 2.05) is 6.07 Å². The van der Waals surface area contributed by atoms with Crippen molar-refractivity contribution in [3.63, 3.8) is 0 Å². The Labute approximate surface area is 104 Å². The third-order valence-electron chi connectivity index (χ3n) is 3.57. The van der Waals surface area contributed by atoms with Crippen molar-refractivity contribution in [1.29, 1.82) is 0 Å². The minimum atomic E-state index is -0.836. The topological polar surface area (TPSA) is 49.8 Å². The van der Waals surface area contributed by atoms with E-state index in [0.717, 1.165) is 31.0 Å². The summed E-state index contributed by atoms with van der Waals surface area (Å²) in [5, 5.41) is 10.0. The van der Waals surface area contributed by atoms with Gasteiger partial charge in [0.25, 0.3) is 0 Å². The second-order valence-electron chi connectivity index (χ2n) is 4.54.